The fraction of sp³-hybridized carbons (Fsp3) is 0.167. The van der Waals surface area contributed by atoms with E-state index in [-0.39, 0.29) is 5.69 Å². The van der Waals surface area contributed by atoms with E-state index in [2.05, 4.69) is 15.3 Å². The van der Waals surface area contributed by atoms with Gasteiger partial charge in [0.15, 0.2) is 0 Å². The van der Waals surface area contributed by atoms with Crippen LogP contribution in [0.5, 0.6) is 0 Å². The molecule has 0 aliphatic rings. The Bertz CT molecular complexity index is 627. The van der Waals surface area contributed by atoms with E-state index in [9.17, 15) is 10.1 Å². The van der Waals surface area contributed by atoms with Gasteiger partial charge in [-0.15, -0.1) is 0 Å². The summed E-state index contributed by atoms with van der Waals surface area (Å²) in [6.07, 6.45) is 5.10. The van der Waals surface area contributed by atoms with Gasteiger partial charge in [-0.25, -0.2) is 9.97 Å². The SMILES string of the molecule is NC/C=C/CNc1ncnc2ccc([N+](=O)[O-])cc12. The number of nitrogens with one attached hydrogen (secondary N) is 1. The van der Waals surface area contributed by atoms with Crippen molar-refractivity contribution in [2.45, 2.75) is 0 Å². The molecule has 1 heterocycles. The number of fused-ring (bicyclic) bond motifs is 1. The third kappa shape index (κ3) is 3.02. The Morgan fingerprint density at radius 2 is 2.21 bits per heavy atom. The molecule has 0 radical (unpaired) electrons. The highest BCUT2D eigenvalue weighted by Crippen LogP contribution is 2.23. The highest BCUT2D eigenvalue weighted by molar-refractivity contribution is 5.90. The number of rotatable bonds is 5. The summed E-state index contributed by atoms with van der Waals surface area (Å²) in [6.45, 7) is 1.02. The lowest BCUT2D eigenvalue weighted by atomic mass is 10.2. The predicted molar refractivity (Wildman–Crippen MR) is 72.9 cm³/mol. The van der Waals surface area contributed by atoms with Crippen LogP contribution in [0.4, 0.5) is 11.5 Å². The molecule has 2 rings (SSSR count). The number of benzene rings is 1. The second-order valence-electron chi connectivity index (χ2n) is 3.77. The lowest BCUT2D eigenvalue weighted by Crippen LogP contribution is -2.03. The number of anilines is 1. The summed E-state index contributed by atoms with van der Waals surface area (Å²) >= 11 is 0. The first-order chi connectivity index (χ1) is 9.22. The van der Waals surface area contributed by atoms with Gasteiger partial charge in [0.1, 0.15) is 12.1 Å². The first-order valence-electron chi connectivity index (χ1n) is 5.70. The molecule has 1 aromatic heterocycles. The second kappa shape index (κ2) is 5.87. The molecular formula is C12H13N5O2. The Morgan fingerprint density at radius 1 is 1.37 bits per heavy atom. The number of aromatic nitrogens is 2. The van der Waals surface area contributed by atoms with Crippen molar-refractivity contribution >= 4 is 22.4 Å². The molecule has 0 unspecified atom stereocenters. The topological polar surface area (TPSA) is 107 Å². The predicted octanol–water partition coefficient (Wildman–Crippen LogP) is 1.46. The Morgan fingerprint density at radius 3 is 2.95 bits per heavy atom. The van der Waals surface area contributed by atoms with Gasteiger partial charge in [-0.1, -0.05) is 12.2 Å². The maximum absolute atomic E-state index is 10.8. The van der Waals surface area contributed by atoms with Crippen molar-refractivity contribution in [2.75, 3.05) is 18.4 Å². The van der Waals surface area contributed by atoms with E-state index in [0.717, 1.165) is 0 Å². The molecule has 7 nitrogen and oxygen atoms in total. The van der Waals surface area contributed by atoms with Gasteiger partial charge in [-0.05, 0) is 6.07 Å². The molecule has 0 saturated carbocycles. The van der Waals surface area contributed by atoms with Gasteiger partial charge < -0.3 is 11.1 Å². The van der Waals surface area contributed by atoms with Crippen molar-refractivity contribution in [2.24, 2.45) is 5.73 Å². The molecule has 0 aliphatic carbocycles. The van der Waals surface area contributed by atoms with Gasteiger partial charge in [-0.3, -0.25) is 10.1 Å². The molecule has 0 bridgehead atoms. The number of non-ortho nitro benzene ring substituents is 1. The molecule has 0 aliphatic heterocycles. The third-order valence-electron chi connectivity index (χ3n) is 2.52. The van der Waals surface area contributed by atoms with Crippen LogP contribution in [0.25, 0.3) is 10.9 Å². The van der Waals surface area contributed by atoms with Crippen LogP contribution in [-0.2, 0) is 0 Å². The van der Waals surface area contributed by atoms with E-state index in [4.69, 9.17) is 5.73 Å². The Hall–Kier alpha value is -2.54. The van der Waals surface area contributed by atoms with Crippen LogP contribution in [0, 0.1) is 10.1 Å². The summed E-state index contributed by atoms with van der Waals surface area (Å²) in [5.74, 6) is 0.565. The summed E-state index contributed by atoms with van der Waals surface area (Å²) in [5, 5.41) is 14.5. The van der Waals surface area contributed by atoms with E-state index < -0.39 is 4.92 Å². The lowest BCUT2D eigenvalue weighted by Gasteiger charge is -2.05. The maximum atomic E-state index is 10.8. The average molecular weight is 259 g/mol. The van der Waals surface area contributed by atoms with Gasteiger partial charge >= 0.3 is 0 Å². The minimum atomic E-state index is -0.440. The van der Waals surface area contributed by atoms with E-state index in [1.54, 1.807) is 6.07 Å². The minimum Gasteiger partial charge on any atom is -0.366 e. The first kappa shape index (κ1) is 12.9. The highest BCUT2D eigenvalue weighted by Gasteiger charge is 2.09. The molecule has 0 spiro atoms. The molecule has 2 aromatic rings. The summed E-state index contributed by atoms with van der Waals surface area (Å²) < 4.78 is 0. The average Bonchev–Trinajstić information content (AvgIpc) is 2.43. The number of hydrogen-bond donors (Lipinski definition) is 2. The Balaban J connectivity index is 2.34. The number of nitro groups is 1. The molecule has 98 valence electrons. The van der Waals surface area contributed by atoms with Crippen molar-refractivity contribution in [1.82, 2.24) is 9.97 Å². The molecule has 1 aromatic carbocycles. The highest BCUT2D eigenvalue weighted by atomic mass is 16.6. The van der Waals surface area contributed by atoms with Gasteiger partial charge in [0, 0.05) is 30.6 Å². The van der Waals surface area contributed by atoms with Crippen molar-refractivity contribution in [3.8, 4) is 0 Å². The van der Waals surface area contributed by atoms with E-state index in [1.807, 2.05) is 12.2 Å². The normalized spacial score (nSPS) is 11.0. The molecule has 0 amide bonds. The van der Waals surface area contributed by atoms with Crippen molar-refractivity contribution < 1.29 is 4.92 Å². The zero-order valence-electron chi connectivity index (χ0n) is 10.1. The summed E-state index contributed by atoms with van der Waals surface area (Å²) in [6, 6.07) is 4.49. The number of nitro benzene ring substituents is 1. The fourth-order valence-electron chi connectivity index (χ4n) is 1.63. The summed E-state index contributed by atoms with van der Waals surface area (Å²) in [7, 11) is 0. The lowest BCUT2D eigenvalue weighted by molar-refractivity contribution is -0.384. The fourth-order valence-corrected chi connectivity index (χ4v) is 1.63. The molecule has 0 atom stereocenters. The molecule has 7 heteroatoms. The molecule has 0 fully saturated rings. The largest absolute Gasteiger partial charge is 0.366 e. The monoisotopic (exact) mass is 259 g/mol. The molecular weight excluding hydrogens is 246 g/mol. The third-order valence-corrected chi connectivity index (χ3v) is 2.52. The smallest absolute Gasteiger partial charge is 0.270 e. The van der Waals surface area contributed by atoms with Crippen molar-refractivity contribution in [3.63, 3.8) is 0 Å². The first-order valence-corrected chi connectivity index (χ1v) is 5.70. The number of hydrogen-bond acceptors (Lipinski definition) is 6. The van der Waals surface area contributed by atoms with Crippen LogP contribution in [0.3, 0.4) is 0 Å². The number of nitrogens with two attached hydrogens (primary N) is 1. The quantitative estimate of drug-likeness (QED) is 0.478. The van der Waals surface area contributed by atoms with Gasteiger partial charge in [0.05, 0.1) is 10.4 Å². The van der Waals surface area contributed by atoms with Gasteiger partial charge in [0.25, 0.3) is 5.69 Å². The summed E-state index contributed by atoms with van der Waals surface area (Å²) in [4.78, 5) is 18.5. The van der Waals surface area contributed by atoms with Crippen LogP contribution >= 0.6 is 0 Å². The van der Waals surface area contributed by atoms with Crippen molar-refractivity contribution in [3.05, 3.63) is 46.8 Å². The van der Waals surface area contributed by atoms with Crippen LogP contribution in [0.2, 0.25) is 0 Å². The number of nitrogens with zero attached hydrogens (tertiary/aromatic N) is 3. The molecule has 0 saturated heterocycles. The molecule has 19 heavy (non-hydrogen) atoms. The van der Waals surface area contributed by atoms with Gasteiger partial charge in [0.2, 0.25) is 0 Å². The minimum absolute atomic E-state index is 0.0165. The Labute approximate surface area is 109 Å². The van der Waals surface area contributed by atoms with E-state index in [1.165, 1.54) is 18.5 Å². The summed E-state index contributed by atoms with van der Waals surface area (Å²) in [5.41, 5.74) is 6.01. The van der Waals surface area contributed by atoms with Crippen molar-refractivity contribution in [1.29, 1.82) is 0 Å². The molecule has 3 N–H and O–H groups in total. The van der Waals surface area contributed by atoms with E-state index >= 15 is 0 Å². The zero-order chi connectivity index (χ0) is 13.7. The Kier molecular flexibility index (Phi) is 3.99. The van der Waals surface area contributed by atoms with Crippen LogP contribution in [-0.4, -0.2) is 28.0 Å². The zero-order valence-corrected chi connectivity index (χ0v) is 10.1. The van der Waals surface area contributed by atoms with Crippen LogP contribution in [0.1, 0.15) is 0 Å². The van der Waals surface area contributed by atoms with Gasteiger partial charge in [-0.2, -0.15) is 0 Å². The maximum Gasteiger partial charge on any atom is 0.270 e. The second-order valence-corrected chi connectivity index (χ2v) is 3.77. The van der Waals surface area contributed by atoms with Crippen LogP contribution < -0.4 is 11.1 Å². The standard InChI is InChI=1S/C12H13N5O2/c13-5-1-2-6-14-12-10-7-9(17(18)19)3-4-11(10)15-8-16-12/h1-4,7-8H,5-6,13H2,(H,14,15,16)/b2-1+. The van der Waals surface area contributed by atoms with E-state index in [0.29, 0.717) is 29.8 Å². The van der Waals surface area contributed by atoms with Crippen LogP contribution in [0.15, 0.2) is 36.7 Å².